The molecule has 1 atom stereocenters. The summed E-state index contributed by atoms with van der Waals surface area (Å²) >= 11 is -1.42. The van der Waals surface area contributed by atoms with Gasteiger partial charge in [0, 0.05) is 16.7 Å². The van der Waals surface area contributed by atoms with Gasteiger partial charge in [0.15, 0.2) is 16.4 Å². The largest absolute Gasteiger partial charge is 0.606 e. The predicted molar refractivity (Wildman–Crippen MR) is 84.1 cm³/mol. The molecule has 1 aliphatic rings. The van der Waals surface area contributed by atoms with Crippen molar-refractivity contribution >= 4 is 11.2 Å². The van der Waals surface area contributed by atoms with E-state index in [1.165, 1.54) is 0 Å². The van der Waals surface area contributed by atoms with Crippen molar-refractivity contribution in [2.75, 3.05) is 13.9 Å². The minimum atomic E-state index is -1.42. The molecule has 0 aromatic heterocycles. The van der Waals surface area contributed by atoms with Crippen molar-refractivity contribution in [3.05, 3.63) is 54.6 Å². The smallest absolute Gasteiger partial charge is 0.246 e. The summed E-state index contributed by atoms with van der Waals surface area (Å²) in [6, 6.07) is 11.1. The molecule has 0 saturated carbocycles. The molecule has 22 heavy (non-hydrogen) atoms. The minimum Gasteiger partial charge on any atom is -0.606 e. The molecular weight excluding hydrogens is 300 g/mol. The zero-order chi connectivity index (χ0) is 15.5. The van der Waals surface area contributed by atoms with Gasteiger partial charge in [0.1, 0.15) is 0 Å². The van der Waals surface area contributed by atoms with Gasteiger partial charge in [-0.1, -0.05) is 24.3 Å². The normalized spacial score (nSPS) is 13.7. The highest BCUT2D eigenvalue weighted by molar-refractivity contribution is 7.91. The van der Waals surface area contributed by atoms with Crippen LogP contribution >= 0.6 is 0 Å². The number of rotatable bonds is 5. The number of benzene rings is 2. The topological polar surface area (TPSA) is 50.8 Å². The summed E-state index contributed by atoms with van der Waals surface area (Å²) < 4.78 is 29.5. The van der Waals surface area contributed by atoms with E-state index in [1.807, 2.05) is 36.4 Å². The van der Waals surface area contributed by atoms with Crippen molar-refractivity contribution in [3.63, 3.8) is 0 Å². The summed E-state index contributed by atoms with van der Waals surface area (Å²) in [6.07, 6.45) is 2.37. The van der Waals surface area contributed by atoms with E-state index in [0.29, 0.717) is 33.5 Å². The highest BCUT2D eigenvalue weighted by atomic mass is 32.2. The van der Waals surface area contributed by atoms with Crippen LogP contribution in [0.3, 0.4) is 0 Å². The van der Waals surface area contributed by atoms with Crippen molar-refractivity contribution in [1.82, 2.24) is 0 Å². The molecule has 114 valence electrons. The molecule has 0 fully saturated rings. The van der Waals surface area contributed by atoms with Crippen LogP contribution in [0.4, 0.5) is 0 Å². The van der Waals surface area contributed by atoms with E-state index < -0.39 is 11.2 Å². The lowest BCUT2D eigenvalue weighted by atomic mass is 10.1. The van der Waals surface area contributed by atoms with Gasteiger partial charge in [0.25, 0.3) is 0 Å². The number of ether oxygens (including phenoxy) is 3. The van der Waals surface area contributed by atoms with Gasteiger partial charge in [0.2, 0.25) is 17.4 Å². The van der Waals surface area contributed by atoms with Gasteiger partial charge in [-0.25, -0.2) is 0 Å². The minimum absolute atomic E-state index is 0.120. The molecule has 0 aliphatic carbocycles. The van der Waals surface area contributed by atoms with Crippen LogP contribution in [0.15, 0.2) is 58.8 Å². The van der Waals surface area contributed by atoms with E-state index in [-0.39, 0.29) is 6.79 Å². The van der Waals surface area contributed by atoms with Crippen LogP contribution in [0, 0.1) is 0 Å². The van der Waals surface area contributed by atoms with Crippen LogP contribution in [0.2, 0.25) is 0 Å². The maximum atomic E-state index is 13.0. The molecule has 0 amide bonds. The van der Waals surface area contributed by atoms with E-state index in [2.05, 4.69) is 6.58 Å². The van der Waals surface area contributed by atoms with E-state index in [1.54, 1.807) is 13.2 Å². The summed E-state index contributed by atoms with van der Waals surface area (Å²) in [5.74, 6) is 1.65. The average molecular weight is 316 g/mol. The standard InChI is InChI=1S/C17H16O4S/c1-3-7-12-10-14-16(21-11-20-14)17(15(12)19-2)22(18)13-8-5-4-6-9-13/h3-6,8-10H,1,7,11H2,2H3. The molecule has 0 bridgehead atoms. The Kier molecular flexibility index (Phi) is 4.27. The SMILES string of the molecule is C=CCc1cc2c(c([S+]([O-])c3ccccc3)c1OC)OCO2. The zero-order valence-corrected chi connectivity index (χ0v) is 13.0. The fraction of sp³-hybridized carbons (Fsp3) is 0.176. The Balaban J connectivity index is 2.18. The van der Waals surface area contributed by atoms with E-state index >= 15 is 0 Å². The molecule has 5 heteroatoms. The van der Waals surface area contributed by atoms with Gasteiger partial charge < -0.3 is 18.8 Å². The number of hydrogen-bond acceptors (Lipinski definition) is 4. The zero-order valence-electron chi connectivity index (χ0n) is 12.2. The Bertz CT molecular complexity index is 685. The number of fused-ring (bicyclic) bond motifs is 1. The number of hydrogen-bond donors (Lipinski definition) is 0. The summed E-state index contributed by atoms with van der Waals surface area (Å²) in [5.41, 5.74) is 0.876. The Labute approximate surface area is 132 Å². The second-order valence-corrected chi connectivity index (χ2v) is 6.12. The van der Waals surface area contributed by atoms with E-state index in [0.717, 1.165) is 5.56 Å². The number of methoxy groups -OCH3 is 1. The van der Waals surface area contributed by atoms with Crippen molar-refractivity contribution in [2.45, 2.75) is 16.2 Å². The van der Waals surface area contributed by atoms with Crippen molar-refractivity contribution < 1.29 is 18.8 Å². The second kappa shape index (κ2) is 6.34. The Morgan fingerprint density at radius 3 is 2.77 bits per heavy atom. The molecule has 1 aliphatic heterocycles. The molecule has 0 N–H and O–H groups in total. The average Bonchev–Trinajstić information content (AvgIpc) is 3.02. The summed E-state index contributed by atoms with van der Waals surface area (Å²) in [7, 11) is 1.57. The first-order valence-corrected chi connectivity index (χ1v) is 7.98. The van der Waals surface area contributed by atoms with Gasteiger partial charge in [0.05, 0.1) is 7.11 Å². The van der Waals surface area contributed by atoms with Crippen LogP contribution in [-0.2, 0) is 17.6 Å². The molecule has 4 nitrogen and oxygen atoms in total. The molecule has 2 aromatic carbocycles. The molecule has 1 unspecified atom stereocenters. The lowest BCUT2D eigenvalue weighted by Gasteiger charge is -2.17. The quantitative estimate of drug-likeness (QED) is 0.627. The maximum absolute atomic E-state index is 13.0. The van der Waals surface area contributed by atoms with Gasteiger partial charge in [-0.05, 0) is 24.6 Å². The monoisotopic (exact) mass is 316 g/mol. The molecular formula is C17H16O4S. The highest BCUT2D eigenvalue weighted by Crippen LogP contribution is 2.47. The summed E-state index contributed by atoms with van der Waals surface area (Å²) in [5, 5.41) is 0. The molecule has 0 spiro atoms. The van der Waals surface area contributed by atoms with Crippen molar-refractivity contribution in [3.8, 4) is 17.2 Å². The highest BCUT2D eigenvalue weighted by Gasteiger charge is 2.34. The fourth-order valence-corrected chi connectivity index (χ4v) is 3.76. The summed E-state index contributed by atoms with van der Waals surface area (Å²) in [6.45, 7) is 3.87. The van der Waals surface area contributed by atoms with Crippen LogP contribution in [0.1, 0.15) is 5.56 Å². The molecule has 3 rings (SSSR count). The maximum Gasteiger partial charge on any atom is 0.246 e. The van der Waals surface area contributed by atoms with Crippen LogP contribution in [-0.4, -0.2) is 18.5 Å². The predicted octanol–water partition coefficient (Wildman–Crippen LogP) is 3.32. The molecule has 0 saturated heterocycles. The third kappa shape index (κ3) is 2.53. The first kappa shape index (κ1) is 14.8. The van der Waals surface area contributed by atoms with Gasteiger partial charge in [-0.3, -0.25) is 0 Å². The molecule has 2 aromatic rings. The second-order valence-electron chi connectivity index (χ2n) is 4.71. The van der Waals surface area contributed by atoms with Crippen molar-refractivity contribution in [2.24, 2.45) is 0 Å². The number of allylic oxidation sites excluding steroid dienone is 1. The van der Waals surface area contributed by atoms with Crippen molar-refractivity contribution in [1.29, 1.82) is 0 Å². The Morgan fingerprint density at radius 2 is 2.09 bits per heavy atom. The van der Waals surface area contributed by atoms with Crippen LogP contribution in [0.25, 0.3) is 0 Å². The van der Waals surface area contributed by atoms with Gasteiger partial charge in [-0.2, -0.15) is 0 Å². The molecule has 1 heterocycles. The summed E-state index contributed by atoms with van der Waals surface area (Å²) in [4.78, 5) is 1.20. The third-order valence-electron chi connectivity index (χ3n) is 3.36. The van der Waals surface area contributed by atoms with Crippen LogP contribution < -0.4 is 14.2 Å². The van der Waals surface area contributed by atoms with E-state index in [4.69, 9.17) is 14.2 Å². The molecule has 0 radical (unpaired) electrons. The first-order chi connectivity index (χ1) is 10.8. The Hall–Kier alpha value is -2.11. The lowest BCUT2D eigenvalue weighted by molar-refractivity contribution is 0.171. The fourth-order valence-electron chi connectivity index (χ4n) is 2.41. The lowest BCUT2D eigenvalue weighted by Crippen LogP contribution is -2.07. The van der Waals surface area contributed by atoms with E-state index in [9.17, 15) is 4.55 Å². The van der Waals surface area contributed by atoms with Gasteiger partial charge in [-0.15, -0.1) is 6.58 Å². The Morgan fingerprint density at radius 1 is 1.32 bits per heavy atom. The van der Waals surface area contributed by atoms with Gasteiger partial charge >= 0.3 is 0 Å². The first-order valence-electron chi connectivity index (χ1n) is 6.83. The third-order valence-corrected chi connectivity index (χ3v) is 4.80. The van der Waals surface area contributed by atoms with Crippen LogP contribution in [0.5, 0.6) is 17.2 Å².